The van der Waals surface area contributed by atoms with Crippen LogP contribution in [0.5, 0.6) is 0 Å². The van der Waals surface area contributed by atoms with Gasteiger partial charge in [0.1, 0.15) is 11.5 Å². The maximum Gasteiger partial charge on any atom is 0.276 e. The van der Waals surface area contributed by atoms with E-state index in [1.165, 1.54) is 11.3 Å². The second-order valence-electron chi connectivity index (χ2n) is 6.92. The van der Waals surface area contributed by atoms with Crippen molar-refractivity contribution in [2.45, 2.75) is 31.7 Å². The minimum absolute atomic E-state index is 0.131. The van der Waals surface area contributed by atoms with Gasteiger partial charge in [0.15, 0.2) is 10.8 Å². The van der Waals surface area contributed by atoms with Crippen molar-refractivity contribution in [1.82, 2.24) is 20.0 Å². The summed E-state index contributed by atoms with van der Waals surface area (Å²) in [6.07, 6.45) is 4.42. The lowest BCUT2D eigenvalue weighted by molar-refractivity contribution is 0.0725. The van der Waals surface area contributed by atoms with E-state index in [9.17, 15) is 9.59 Å². The van der Waals surface area contributed by atoms with Gasteiger partial charge in [-0.05, 0) is 25.0 Å². The minimum atomic E-state index is -0.296. The number of anilines is 1. The zero-order chi connectivity index (χ0) is 19.1. The zero-order valence-corrected chi connectivity index (χ0v) is 15.7. The Morgan fingerprint density at radius 1 is 1.25 bits per heavy atom. The molecular weight excluding hydrogens is 378 g/mol. The number of carbonyl (C=O) groups excluding carboxylic acids is 2. The van der Waals surface area contributed by atoms with Gasteiger partial charge in [-0.3, -0.25) is 19.9 Å². The summed E-state index contributed by atoms with van der Waals surface area (Å²) in [4.78, 5) is 36.3. The lowest BCUT2D eigenvalue weighted by atomic mass is 10.1. The Kier molecular flexibility index (Phi) is 4.16. The first-order valence-corrected chi connectivity index (χ1v) is 9.96. The number of nitrogens with one attached hydrogen (secondary N) is 1. The van der Waals surface area contributed by atoms with Crippen LogP contribution in [0, 0.1) is 0 Å². The number of thiazole rings is 1. The molecule has 0 unspecified atom stereocenters. The summed E-state index contributed by atoms with van der Waals surface area (Å²) < 4.78 is 5.30. The molecule has 4 heterocycles. The summed E-state index contributed by atoms with van der Waals surface area (Å²) >= 11 is 1.39. The van der Waals surface area contributed by atoms with Crippen molar-refractivity contribution < 1.29 is 14.1 Å². The highest BCUT2D eigenvalue weighted by molar-refractivity contribution is 7.15. The highest BCUT2D eigenvalue weighted by Gasteiger charge is 2.31. The second kappa shape index (κ2) is 6.83. The highest BCUT2D eigenvalue weighted by Crippen LogP contribution is 2.40. The first kappa shape index (κ1) is 17.1. The van der Waals surface area contributed by atoms with Crippen LogP contribution in [0.25, 0.3) is 0 Å². The van der Waals surface area contributed by atoms with Gasteiger partial charge in [0, 0.05) is 36.0 Å². The fourth-order valence-corrected chi connectivity index (χ4v) is 4.21. The molecule has 0 atom stereocenters. The van der Waals surface area contributed by atoms with Crippen LogP contribution in [0.1, 0.15) is 56.1 Å². The number of hydrogen-bond donors (Lipinski definition) is 1. The fourth-order valence-electron chi connectivity index (χ4n) is 3.19. The Morgan fingerprint density at radius 2 is 2.14 bits per heavy atom. The number of nitrogens with zero attached hydrogens (tertiary/aromatic N) is 4. The molecule has 0 aromatic carbocycles. The first-order chi connectivity index (χ1) is 13.7. The SMILES string of the molecule is O=C(Nc1nc2c(s1)CN(C(=O)c1cc(C3CC3)on1)CC2)c1ccccn1. The van der Waals surface area contributed by atoms with Gasteiger partial charge < -0.3 is 9.42 Å². The molecule has 0 radical (unpaired) electrons. The molecular formula is C19H17N5O3S. The van der Waals surface area contributed by atoms with Crippen molar-refractivity contribution in [2.75, 3.05) is 11.9 Å². The Bertz CT molecular complexity index is 1040. The number of pyridine rings is 1. The molecule has 5 rings (SSSR count). The largest absolute Gasteiger partial charge is 0.360 e. The molecule has 9 heteroatoms. The summed E-state index contributed by atoms with van der Waals surface area (Å²) in [7, 11) is 0. The molecule has 2 amide bonds. The molecule has 8 nitrogen and oxygen atoms in total. The molecule has 1 fully saturated rings. The van der Waals surface area contributed by atoms with E-state index in [-0.39, 0.29) is 11.8 Å². The van der Waals surface area contributed by atoms with Crippen molar-refractivity contribution in [1.29, 1.82) is 0 Å². The van der Waals surface area contributed by atoms with E-state index in [1.807, 2.05) is 0 Å². The predicted octanol–water partition coefficient (Wildman–Crippen LogP) is 2.85. The van der Waals surface area contributed by atoms with E-state index in [2.05, 4.69) is 20.4 Å². The van der Waals surface area contributed by atoms with Crippen LogP contribution in [0.2, 0.25) is 0 Å². The van der Waals surface area contributed by atoms with E-state index in [0.29, 0.717) is 41.9 Å². The average molecular weight is 395 g/mol. The number of rotatable bonds is 4. The lowest BCUT2D eigenvalue weighted by Gasteiger charge is -2.25. The first-order valence-electron chi connectivity index (χ1n) is 9.14. The number of hydrogen-bond acceptors (Lipinski definition) is 7. The van der Waals surface area contributed by atoms with E-state index in [1.54, 1.807) is 35.4 Å². The van der Waals surface area contributed by atoms with Crippen molar-refractivity contribution >= 4 is 28.3 Å². The molecule has 1 aliphatic carbocycles. The van der Waals surface area contributed by atoms with Crippen LogP contribution in [0.4, 0.5) is 5.13 Å². The molecule has 1 aliphatic heterocycles. The summed E-state index contributed by atoms with van der Waals surface area (Å²) in [5.41, 5.74) is 1.62. The average Bonchev–Trinajstić information content (AvgIpc) is 3.31. The van der Waals surface area contributed by atoms with Gasteiger partial charge in [-0.25, -0.2) is 4.98 Å². The predicted molar refractivity (Wildman–Crippen MR) is 101 cm³/mol. The highest BCUT2D eigenvalue weighted by atomic mass is 32.1. The standard InChI is InChI=1S/C19H17N5O3S/c25-17(13-3-1-2-7-20-13)22-19-21-12-6-8-24(10-16(12)28-19)18(26)14-9-15(27-23-14)11-4-5-11/h1-3,7,9,11H,4-6,8,10H2,(H,21,22,25). The number of amides is 2. The van der Waals surface area contributed by atoms with Gasteiger partial charge in [-0.2, -0.15) is 0 Å². The van der Waals surface area contributed by atoms with Gasteiger partial charge in [0.05, 0.1) is 12.2 Å². The molecule has 28 heavy (non-hydrogen) atoms. The monoisotopic (exact) mass is 395 g/mol. The van der Waals surface area contributed by atoms with E-state index < -0.39 is 0 Å². The summed E-state index contributed by atoms with van der Waals surface area (Å²) in [6, 6.07) is 6.93. The smallest absolute Gasteiger partial charge is 0.276 e. The quantitative estimate of drug-likeness (QED) is 0.729. The van der Waals surface area contributed by atoms with Crippen LogP contribution in [0.15, 0.2) is 35.0 Å². The molecule has 2 aliphatic rings. The maximum atomic E-state index is 12.7. The third-order valence-electron chi connectivity index (χ3n) is 4.86. The summed E-state index contributed by atoms with van der Waals surface area (Å²) in [5, 5.41) is 7.25. The summed E-state index contributed by atoms with van der Waals surface area (Å²) in [5.74, 6) is 0.802. The maximum absolute atomic E-state index is 12.7. The van der Waals surface area contributed by atoms with Crippen LogP contribution in [-0.4, -0.2) is 38.4 Å². The van der Waals surface area contributed by atoms with E-state index in [4.69, 9.17) is 4.52 Å². The number of aromatic nitrogens is 3. The molecule has 0 spiro atoms. The molecule has 142 valence electrons. The van der Waals surface area contributed by atoms with Gasteiger partial charge in [-0.15, -0.1) is 0 Å². The third-order valence-corrected chi connectivity index (χ3v) is 5.86. The molecule has 3 aromatic rings. The number of carbonyl (C=O) groups is 2. The van der Waals surface area contributed by atoms with Crippen molar-refractivity contribution in [3.8, 4) is 0 Å². The number of fused-ring (bicyclic) bond motifs is 1. The van der Waals surface area contributed by atoms with Crippen LogP contribution >= 0.6 is 11.3 Å². The van der Waals surface area contributed by atoms with E-state index in [0.717, 1.165) is 29.2 Å². The Morgan fingerprint density at radius 3 is 2.93 bits per heavy atom. The Hall–Kier alpha value is -3.07. The fraction of sp³-hybridized carbons (Fsp3) is 0.316. The summed E-state index contributed by atoms with van der Waals surface area (Å²) in [6.45, 7) is 1.02. The molecule has 1 N–H and O–H groups in total. The van der Waals surface area contributed by atoms with Crippen LogP contribution in [0.3, 0.4) is 0 Å². The molecule has 0 saturated heterocycles. The molecule has 0 bridgehead atoms. The van der Waals surface area contributed by atoms with Gasteiger partial charge >= 0.3 is 0 Å². The third kappa shape index (κ3) is 3.29. The minimum Gasteiger partial charge on any atom is -0.360 e. The normalized spacial score (nSPS) is 15.9. The molecule has 3 aromatic heterocycles. The Balaban J connectivity index is 1.28. The van der Waals surface area contributed by atoms with Crippen molar-refractivity contribution in [3.63, 3.8) is 0 Å². The second-order valence-corrected chi connectivity index (χ2v) is 8.01. The zero-order valence-electron chi connectivity index (χ0n) is 14.9. The van der Waals surface area contributed by atoms with E-state index >= 15 is 0 Å². The lowest BCUT2D eigenvalue weighted by Crippen LogP contribution is -2.35. The Labute approximate surface area is 164 Å². The van der Waals surface area contributed by atoms with Gasteiger partial charge in [0.2, 0.25) is 0 Å². The van der Waals surface area contributed by atoms with Crippen molar-refractivity contribution in [2.24, 2.45) is 0 Å². The van der Waals surface area contributed by atoms with Crippen LogP contribution < -0.4 is 5.32 Å². The van der Waals surface area contributed by atoms with Gasteiger partial charge in [0.25, 0.3) is 11.8 Å². The van der Waals surface area contributed by atoms with Gasteiger partial charge in [-0.1, -0.05) is 22.6 Å². The topological polar surface area (TPSA) is 101 Å². The molecule has 1 saturated carbocycles. The van der Waals surface area contributed by atoms with Crippen LogP contribution in [-0.2, 0) is 13.0 Å². The van der Waals surface area contributed by atoms with Crippen molar-refractivity contribution in [3.05, 3.63) is 58.2 Å².